The Morgan fingerprint density at radius 2 is 2.00 bits per heavy atom. The van der Waals surface area contributed by atoms with E-state index in [1.807, 2.05) is 29.9 Å². The van der Waals surface area contributed by atoms with Crippen molar-refractivity contribution in [2.24, 2.45) is 0 Å². The molecular weight excluding hydrogens is 445 g/mol. The third-order valence-corrected chi connectivity index (χ3v) is 6.68. The minimum atomic E-state index is -0.257. The van der Waals surface area contributed by atoms with Crippen molar-refractivity contribution < 1.29 is 9.50 Å². The number of piperidine rings is 1. The van der Waals surface area contributed by atoms with Crippen LogP contribution in [0.5, 0.6) is 0 Å². The van der Waals surface area contributed by atoms with Crippen molar-refractivity contribution in [3.63, 3.8) is 0 Å². The molecule has 2 aromatic heterocycles. The molecule has 0 saturated carbocycles. The lowest BCUT2D eigenvalue weighted by molar-refractivity contribution is 0.184. The SMILES string of the molecule is Cc1cnc(Nc2ccc(N3CCC(N(C)CCCO)CC3)c(F)c2)nc1-c1cnn(C(C)C)c1. The highest BCUT2D eigenvalue weighted by Gasteiger charge is 2.24. The van der Waals surface area contributed by atoms with Crippen LogP contribution in [0.25, 0.3) is 11.3 Å². The van der Waals surface area contributed by atoms with E-state index in [9.17, 15) is 0 Å². The van der Waals surface area contributed by atoms with Gasteiger partial charge >= 0.3 is 0 Å². The van der Waals surface area contributed by atoms with Crippen LogP contribution < -0.4 is 10.2 Å². The van der Waals surface area contributed by atoms with Crippen LogP contribution in [0, 0.1) is 12.7 Å². The number of aromatic nitrogens is 4. The molecule has 1 aliphatic heterocycles. The van der Waals surface area contributed by atoms with E-state index >= 15 is 4.39 Å². The molecule has 1 aromatic carbocycles. The van der Waals surface area contributed by atoms with Crippen molar-refractivity contribution >= 4 is 17.3 Å². The average molecular weight is 482 g/mol. The summed E-state index contributed by atoms with van der Waals surface area (Å²) in [5.74, 6) is 0.161. The number of halogens is 1. The molecule has 0 atom stereocenters. The molecule has 8 nitrogen and oxygen atoms in total. The Hall–Kier alpha value is -3.04. The van der Waals surface area contributed by atoms with Crippen LogP contribution in [0.2, 0.25) is 0 Å². The van der Waals surface area contributed by atoms with E-state index < -0.39 is 0 Å². The fraction of sp³-hybridized carbons (Fsp3) is 0.500. The maximum absolute atomic E-state index is 15.1. The van der Waals surface area contributed by atoms with E-state index in [1.54, 1.807) is 12.4 Å². The number of hydrogen-bond donors (Lipinski definition) is 2. The summed E-state index contributed by atoms with van der Waals surface area (Å²) >= 11 is 0. The molecule has 188 valence electrons. The molecule has 35 heavy (non-hydrogen) atoms. The average Bonchev–Trinajstić information content (AvgIpc) is 3.34. The van der Waals surface area contributed by atoms with Gasteiger partial charge in [0.05, 0.1) is 17.6 Å². The summed E-state index contributed by atoms with van der Waals surface area (Å²) in [6.45, 7) is 8.85. The Labute approximate surface area is 206 Å². The monoisotopic (exact) mass is 481 g/mol. The number of hydrogen-bond acceptors (Lipinski definition) is 7. The van der Waals surface area contributed by atoms with Crippen LogP contribution in [0.3, 0.4) is 0 Å². The Kier molecular flexibility index (Phi) is 7.97. The summed E-state index contributed by atoms with van der Waals surface area (Å²) in [6.07, 6.45) is 8.30. The molecule has 2 N–H and O–H groups in total. The second-order valence-electron chi connectivity index (χ2n) is 9.60. The largest absolute Gasteiger partial charge is 0.396 e. The first-order valence-corrected chi connectivity index (χ1v) is 12.4. The topological polar surface area (TPSA) is 82.3 Å². The lowest BCUT2D eigenvalue weighted by Crippen LogP contribution is -2.44. The molecule has 3 heterocycles. The molecule has 0 spiro atoms. The summed E-state index contributed by atoms with van der Waals surface area (Å²) in [5, 5.41) is 16.6. The summed E-state index contributed by atoms with van der Waals surface area (Å²) in [4.78, 5) is 13.5. The van der Waals surface area contributed by atoms with Gasteiger partial charge in [-0.25, -0.2) is 14.4 Å². The first kappa shape index (κ1) is 25.1. The van der Waals surface area contributed by atoms with Gasteiger partial charge in [-0.05, 0) is 70.8 Å². The van der Waals surface area contributed by atoms with Crippen LogP contribution >= 0.6 is 0 Å². The molecule has 1 saturated heterocycles. The Balaban J connectivity index is 1.42. The molecule has 4 rings (SSSR count). The number of rotatable bonds is 9. The zero-order valence-electron chi connectivity index (χ0n) is 21.1. The molecule has 9 heteroatoms. The fourth-order valence-corrected chi connectivity index (χ4v) is 4.56. The molecule has 0 bridgehead atoms. The van der Waals surface area contributed by atoms with Gasteiger partial charge in [-0.2, -0.15) is 5.10 Å². The number of nitrogens with one attached hydrogen (secondary N) is 1. The summed E-state index contributed by atoms with van der Waals surface area (Å²) in [6, 6.07) is 5.95. The molecule has 0 aliphatic carbocycles. The molecule has 0 radical (unpaired) electrons. The predicted molar refractivity (Wildman–Crippen MR) is 138 cm³/mol. The molecule has 3 aromatic rings. The minimum Gasteiger partial charge on any atom is -0.396 e. The van der Waals surface area contributed by atoms with E-state index in [2.05, 4.69) is 51.1 Å². The van der Waals surface area contributed by atoms with E-state index in [0.717, 1.165) is 55.7 Å². The van der Waals surface area contributed by atoms with Gasteiger partial charge in [-0.3, -0.25) is 4.68 Å². The van der Waals surface area contributed by atoms with Crippen molar-refractivity contribution in [3.05, 3.63) is 48.2 Å². The summed E-state index contributed by atoms with van der Waals surface area (Å²) in [5.41, 5.74) is 3.91. The normalized spacial score (nSPS) is 14.8. The van der Waals surface area contributed by atoms with Crippen molar-refractivity contribution in [3.8, 4) is 11.3 Å². The van der Waals surface area contributed by atoms with E-state index in [0.29, 0.717) is 23.4 Å². The van der Waals surface area contributed by atoms with E-state index in [-0.39, 0.29) is 18.5 Å². The molecule has 1 fully saturated rings. The zero-order valence-corrected chi connectivity index (χ0v) is 21.1. The lowest BCUT2D eigenvalue weighted by Gasteiger charge is -2.38. The van der Waals surface area contributed by atoms with Gasteiger partial charge in [-0.1, -0.05) is 0 Å². The predicted octanol–water partition coefficient (Wildman–Crippen LogP) is 4.40. The van der Waals surface area contributed by atoms with Crippen LogP contribution in [-0.4, -0.2) is 69.1 Å². The van der Waals surface area contributed by atoms with Crippen molar-refractivity contribution in [1.29, 1.82) is 0 Å². The Bertz CT molecular complexity index is 1120. The van der Waals surface area contributed by atoms with Crippen molar-refractivity contribution in [1.82, 2.24) is 24.6 Å². The molecule has 0 amide bonds. The highest BCUT2D eigenvalue weighted by Crippen LogP contribution is 2.29. The maximum Gasteiger partial charge on any atom is 0.227 e. The van der Waals surface area contributed by atoms with Crippen LogP contribution in [0.15, 0.2) is 36.8 Å². The smallest absolute Gasteiger partial charge is 0.227 e. The first-order valence-electron chi connectivity index (χ1n) is 12.4. The maximum atomic E-state index is 15.1. The van der Waals surface area contributed by atoms with Crippen molar-refractivity contribution in [2.45, 2.75) is 52.1 Å². The number of aryl methyl sites for hydroxylation is 1. The van der Waals surface area contributed by atoms with Gasteiger partial charge in [0.25, 0.3) is 0 Å². The van der Waals surface area contributed by atoms with Gasteiger partial charge in [0.2, 0.25) is 5.95 Å². The van der Waals surface area contributed by atoms with Gasteiger partial charge in [0.15, 0.2) is 0 Å². The van der Waals surface area contributed by atoms with Crippen LogP contribution in [-0.2, 0) is 0 Å². The van der Waals surface area contributed by atoms with Crippen LogP contribution in [0.1, 0.15) is 44.7 Å². The summed E-state index contributed by atoms with van der Waals surface area (Å²) in [7, 11) is 2.10. The quantitative estimate of drug-likeness (QED) is 0.469. The standard InChI is InChI=1S/C26H36FN7O/c1-18(2)34-17-20(16-29-34)25-19(3)15-28-26(31-25)30-21-6-7-24(23(27)14-21)33-11-8-22(9-12-33)32(4)10-5-13-35/h6-7,14-18,22,35H,5,8-13H2,1-4H3,(H,28,30,31). The third kappa shape index (κ3) is 5.97. The minimum absolute atomic E-state index is 0.215. The number of aliphatic hydroxyl groups is 1. The van der Waals surface area contributed by atoms with Gasteiger partial charge < -0.3 is 20.2 Å². The van der Waals surface area contributed by atoms with Crippen molar-refractivity contribution in [2.75, 3.05) is 43.5 Å². The fourth-order valence-electron chi connectivity index (χ4n) is 4.56. The Morgan fingerprint density at radius 1 is 1.23 bits per heavy atom. The van der Waals surface area contributed by atoms with E-state index in [1.165, 1.54) is 6.07 Å². The van der Waals surface area contributed by atoms with Gasteiger partial charge in [0, 0.05) is 62.0 Å². The van der Waals surface area contributed by atoms with Gasteiger partial charge in [0.1, 0.15) is 5.82 Å². The second kappa shape index (κ2) is 11.1. The lowest BCUT2D eigenvalue weighted by atomic mass is 10.0. The second-order valence-corrected chi connectivity index (χ2v) is 9.60. The number of aliphatic hydroxyl groups excluding tert-OH is 1. The number of anilines is 3. The highest BCUT2D eigenvalue weighted by atomic mass is 19.1. The zero-order chi connectivity index (χ0) is 24.9. The van der Waals surface area contributed by atoms with E-state index in [4.69, 9.17) is 5.11 Å². The van der Waals surface area contributed by atoms with Crippen LogP contribution in [0.4, 0.5) is 21.7 Å². The summed E-state index contributed by atoms with van der Waals surface area (Å²) < 4.78 is 17.0. The molecular formula is C26H36FN7O. The molecule has 1 aliphatic rings. The third-order valence-electron chi connectivity index (χ3n) is 6.68. The molecule has 0 unspecified atom stereocenters. The first-order chi connectivity index (χ1) is 16.9. The number of nitrogens with zero attached hydrogens (tertiary/aromatic N) is 6. The van der Waals surface area contributed by atoms with Gasteiger partial charge in [-0.15, -0.1) is 0 Å². The highest BCUT2D eigenvalue weighted by molar-refractivity contribution is 5.65. The Morgan fingerprint density at radius 3 is 2.66 bits per heavy atom. The number of benzene rings is 1.